The number of rotatable bonds is 4. The van der Waals surface area contributed by atoms with Crippen LogP contribution in [0.2, 0.25) is 0 Å². The van der Waals surface area contributed by atoms with Crippen molar-refractivity contribution in [3.63, 3.8) is 0 Å². The molecule has 1 rings (SSSR count). The molecule has 0 unspecified atom stereocenters. The Hall–Kier alpha value is -1.54. The monoisotopic (exact) mass is 404 g/mol. The normalized spacial score (nSPS) is 20.0. The van der Waals surface area contributed by atoms with E-state index in [1.807, 2.05) is 0 Å². The van der Waals surface area contributed by atoms with Gasteiger partial charge in [-0.15, -0.1) is 0 Å². The number of nitrogens with zero attached hydrogens (tertiary/aromatic N) is 2. The van der Waals surface area contributed by atoms with Crippen molar-refractivity contribution in [2.75, 3.05) is 32.9 Å². The Morgan fingerprint density at radius 1 is 0.750 bits per heavy atom. The summed E-state index contributed by atoms with van der Waals surface area (Å²) in [6.45, 7) is 0. The minimum atomic E-state index is -4.93. The number of carbonyl (C=O) groups is 3. The molecule has 0 aliphatic carbocycles. The maximum atomic E-state index is 12.5. The van der Waals surface area contributed by atoms with Gasteiger partial charge in [-0.25, -0.2) is 30.0 Å². The highest BCUT2D eigenvalue weighted by Crippen LogP contribution is 2.36. The van der Waals surface area contributed by atoms with Crippen molar-refractivity contribution in [3.8, 4) is 0 Å². The van der Waals surface area contributed by atoms with E-state index in [-0.39, 0.29) is 9.80 Å². The minimum absolute atomic E-state index is 0.200. The van der Waals surface area contributed by atoms with Crippen LogP contribution < -0.4 is 0 Å². The Kier molecular flexibility index (Phi) is 4.69. The third-order valence-electron chi connectivity index (χ3n) is 3.51. The van der Waals surface area contributed by atoms with E-state index in [1.165, 1.54) is 0 Å². The lowest BCUT2D eigenvalue weighted by Crippen LogP contribution is -2.76. The van der Waals surface area contributed by atoms with Crippen LogP contribution >= 0.6 is 0 Å². The molecule has 0 N–H and O–H groups in total. The molecular weight excluding hydrogens is 388 g/mol. The summed E-state index contributed by atoms with van der Waals surface area (Å²) in [5.74, 6) is -3.47. The quantitative estimate of drug-likeness (QED) is 0.452. The Morgan fingerprint density at radius 3 is 1.25 bits per heavy atom. The van der Waals surface area contributed by atoms with Gasteiger partial charge in [-0.2, -0.15) is 0 Å². The number of barbiturate groups is 1. The van der Waals surface area contributed by atoms with Crippen LogP contribution in [0.4, 0.5) is 4.79 Å². The molecule has 1 heterocycles. The lowest BCUT2D eigenvalue weighted by atomic mass is 10.1. The number of imide groups is 2. The summed E-state index contributed by atoms with van der Waals surface area (Å²) in [5, 5.41) is 0. The molecule has 0 saturated carbocycles. The average Bonchev–Trinajstić information content (AvgIpc) is 2.34. The molecule has 0 aromatic carbocycles. The Balaban J connectivity index is 4.17. The molecule has 0 aromatic heterocycles. The molecule has 1 fully saturated rings. The van der Waals surface area contributed by atoms with Gasteiger partial charge in [-0.05, 0) is 0 Å². The van der Waals surface area contributed by atoms with Crippen molar-refractivity contribution in [2.45, 2.75) is 9.33 Å². The molecule has 0 bridgehead atoms. The number of sulfone groups is 3. The van der Waals surface area contributed by atoms with Gasteiger partial charge in [0.25, 0.3) is 16.6 Å². The molecule has 138 valence electrons. The topological polar surface area (TPSA) is 160 Å². The minimum Gasteiger partial charge on any atom is -0.272 e. The van der Waals surface area contributed by atoms with Crippen molar-refractivity contribution in [3.05, 3.63) is 0 Å². The molecule has 0 spiro atoms. The van der Waals surface area contributed by atoms with Gasteiger partial charge in [0.1, 0.15) is 0 Å². The molecule has 1 aliphatic rings. The molecule has 4 amide bonds. The van der Waals surface area contributed by atoms with Gasteiger partial charge in [0.2, 0.25) is 0 Å². The molecule has 11 nitrogen and oxygen atoms in total. The van der Waals surface area contributed by atoms with E-state index < -0.39 is 56.7 Å². The SMILES string of the molecule is CN1C(=O)N(C)C(=O)C(C(S(C)(=O)=O)S(C)(=O)=O)(S(C)(=O)=O)C1=O. The van der Waals surface area contributed by atoms with Crippen LogP contribution in [0.25, 0.3) is 0 Å². The summed E-state index contributed by atoms with van der Waals surface area (Å²) in [4.78, 5) is 37.3. The highest BCUT2D eigenvalue weighted by atomic mass is 32.3. The molecule has 0 atom stereocenters. The third-order valence-corrected chi connectivity index (χ3v) is 9.93. The zero-order valence-electron chi connectivity index (χ0n) is 13.4. The molecule has 0 radical (unpaired) electrons. The largest absolute Gasteiger partial charge is 0.332 e. The summed E-state index contributed by atoms with van der Waals surface area (Å²) in [6.07, 6.45) is 1.15. The fourth-order valence-electron chi connectivity index (χ4n) is 2.60. The van der Waals surface area contributed by atoms with Crippen molar-refractivity contribution in [1.29, 1.82) is 0 Å². The molecule has 1 saturated heterocycles. The van der Waals surface area contributed by atoms with E-state index in [2.05, 4.69) is 0 Å². The van der Waals surface area contributed by atoms with Gasteiger partial charge < -0.3 is 0 Å². The first-order valence-corrected chi connectivity index (χ1v) is 11.9. The van der Waals surface area contributed by atoms with Crippen molar-refractivity contribution >= 4 is 47.4 Å². The average molecular weight is 404 g/mol. The van der Waals surface area contributed by atoms with Gasteiger partial charge in [-0.3, -0.25) is 19.4 Å². The number of hydrogen-bond donors (Lipinski definition) is 0. The van der Waals surface area contributed by atoms with E-state index >= 15 is 0 Å². The van der Waals surface area contributed by atoms with Crippen molar-refractivity contribution in [2.24, 2.45) is 0 Å². The Bertz CT molecular complexity index is 874. The first-order chi connectivity index (χ1) is 10.4. The van der Waals surface area contributed by atoms with E-state index in [0.717, 1.165) is 14.1 Å². The summed E-state index contributed by atoms with van der Waals surface area (Å²) in [6, 6.07) is -1.22. The second kappa shape index (κ2) is 5.49. The Labute approximate surface area is 139 Å². The summed E-state index contributed by atoms with van der Waals surface area (Å²) in [5.41, 5.74) is 0. The highest BCUT2D eigenvalue weighted by molar-refractivity contribution is 8.10. The van der Waals surface area contributed by atoms with Crippen molar-refractivity contribution < 1.29 is 39.6 Å². The fraction of sp³-hybridized carbons (Fsp3) is 0.700. The second-order valence-corrected chi connectivity index (χ2v) is 12.3. The summed E-state index contributed by atoms with van der Waals surface area (Å²) < 4.78 is 66.4. The van der Waals surface area contributed by atoms with E-state index in [4.69, 9.17) is 0 Å². The van der Waals surface area contributed by atoms with E-state index in [9.17, 15) is 39.6 Å². The smallest absolute Gasteiger partial charge is 0.272 e. The van der Waals surface area contributed by atoms with E-state index in [0.29, 0.717) is 18.8 Å². The Morgan fingerprint density at radius 2 is 1.04 bits per heavy atom. The van der Waals surface area contributed by atoms with Gasteiger partial charge in [0.15, 0.2) is 34.1 Å². The molecule has 0 aromatic rings. The highest BCUT2D eigenvalue weighted by Gasteiger charge is 2.72. The van der Waals surface area contributed by atoms with Crippen molar-refractivity contribution in [1.82, 2.24) is 9.80 Å². The predicted octanol–water partition coefficient (Wildman–Crippen LogP) is -2.76. The number of carbonyl (C=O) groups excluding carboxylic acids is 3. The first kappa shape index (κ1) is 20.5. The summed E-state index contributed by atoms with van der Waals surface area (Å²) >= 11 is 0. The van der Waals surface area contributed by atoms with Crippen LogP contribution in [-0.2, 0) is 39.1 Å². The van der Waals surface area contributed by atoms with Crippen LogP contribution in [0.5, 0.6) is 0 Å². The van der Waals surface area contributed by atoms with Crippen LogP contribution in [-0.4, -0.2) is 95.1 Å². The molecule has 14 heteroatoms. The van der Waals surface area contributed by atoms with Gasteiger partial charge in [0, 0.05) is 32.9 Å². The standard InChI is InChI=1S/C10H16N2O9S3/c1-11-6(13)10(24(5,20)21,7(14)12(2)9(11)15)8(22(3,16)17)23(4,18)19/h8H,1-5H3. The maximum Gasteiger partial charge on any atom is 0.332 e. The fourth-order valence-corrected chi connectivity index (χ4v) is 10.1. The predicted molar refractivity (Wildman–Crippen MR) is 82.0 cm³/mol. The van der Waals surface area contributed by atoms with Crippen LogP contribution in [0.3, 0.4) is 0 Å². The summed E-state index contributed by atoms with van der Waals surface area (Å²) in [7, 11) is -12.8. The van der Waals surface area contributed by atoms with Gasteiger partial charge in [-0.1, -0.05) is 0 Å². The zero-order valence-corrected chi connectivity index (χ0v) is 15.8. The number of hydrogen-bond acceptors (Lipinski definition) is 9. The molecule has 1 aliphatic heterocycles. The zero-order chi connectivity index (χ0) is 19.5. The van der Waals surface area contributed by atoms with Crippen LogP contribution in [0, 0.1) is 0 Å². The lowest BCUT2D eigenvalue weighted by Gasteiger charge is -2.42. The number of urea groups is 1. The number of amides is 4. The maximum absolute atomic E-state index is 12.5. The molecule has 24 heavy (non-hydrogen) atoms. The third kappa shape index (κ3) is 2.71. The van der Waals surface area contributed by atoms with Gasteiger partial charge >= 0.3 is 6.03 Å². The van der Waals surface area contributed by atoms with Gasteiger partial charge in [0.05, 0.1) is 0 Å². The lowest BCUT2D eigenvalue weighted by molar-refractivity contribution is -0.144. The molecular formula is C10H16N2O9S3. The van der Waals surface area contributed by atoms with Crippen LogP contribution in [0.15, 0.2) is 0 Å². The van der Waals surface area contributed by atoms with Crippen LogP contribution in [0.1, 0.15) is 0 Å². The van der Waals surface area contributed by atoms with E-state index in [1.54, 1.807) is 0 Å². The second-order valence-electron chi connectivity index (χ2n) is 5.51. The first-order valence-electron chi connectivity index (χ1n) is 6.09.